The number of carbonyl (C=O) groups is 2. The van der Waals surface area contributed by atoms with E-state index in [1.165, 1.54) is 30.5 Å². The Morgan fingerprint density at radius 1 is 1.24 bits per heavy atom. The lowest BCUT2D eigenvalue weighted by molar-refractivity contribution is -0.384. The molecular weight excluding hydrogens is 330 g/mol. The summed E-state index contributed by atoms with van der Waals surface area (Å²) >= 11 is 0. The zero-order chi connectivity index (χ0) is 18.1. The molecule has 0 saturated carbocycles. The van der Waals surface area contributed by atoms with Crippen molar-refractivity contribution in [2.75, 3.05) is 39.4 Å². The van der Waals surface area contributed by atoms with E-state index in [-0.39, 0.29) is 5.69 Å². The van der Waals surface area contributed by atoms with Gasteiger partial charge < -0.3 is 10.1 Å². The topological polar surface area (TPSA) is 126 Å². The van der Waals surface area contributed by atoms with Gasteiger partial charge in [0.25, 0.3) is 5.69 Å². The van der Waals surface area contributed by atoms with Gasteiger partial charge in [-0.15, -0.1) is 0 Å². The molecule has 2 amide bonds. The number of ether oxygens (including phenoxy) is 1. The van der Waals surface area contributed by atoms with Crippen LogP contribution in [0.15, 0.2) is 29.4 Å². The maximum absolute atomic E-state index is 11.6. The van der Waals surface area contributed by atoms with Crippen LogP contribution < -0.4 is 10.7 Å². The van der Waals surface area contributed by atoms with E-state index in [0.29, 0.717) is 31.9 Å². The molecule has 0 bridgehead atoms. The van der Waals surface area contributed by atoms with Crippen molar-refractivity contribution >= 4 is 23.7 Å². The zero-order valence-electron chi connectivity index (χ0n) is 13.5. The number of rotatable bonds is 6. The molecule has 0 spiro atoms. The summed E-state index contributed by atoms with van der Waals surface area (Å²) in [6.07, 6.45) is 1.29. The Bertz CT molecular complexity index is 640. The molecule has 10 nitrogen and oxygen atoms in total. The molecule has 2 rings (SSSR count). The van der Waals surface area contributed by atoms with Crippen molar-refractivity contribution in [1.82, 2.24) is 15.6 Å². The molecule has 25 heavy (non-hydrogen) atoms. The molecule has 1 heterocycles. The average molecular weight is 349 g/mol. The van der Waals surface area contributed by atoms with Gasteiger partial charge in [-0.2, -0.15) is 5.10 Å². The van der Waals surface area contributed by atoms with Crippen LogP contribution in [-0.2, 0) is 14.3 Å². The normalized spacial score (nSPS) is 15.0. The zero-order valence-corrected chi connectivity index (χ0v) is 13.5. The van der Waals surface area contributed by atoms with Crippen molar-refractivity contribution in [3.05, 3.63) is 39.9 Å². The number of benzene rings is 1. The highest BCUT2D eigenvalue weighted by atomic mass is 16.6. The van der Waals surface area contributed by atoms with Crippen LogP contribution in [0, 0.1) is 10.1 Å². The number of nitro benzene ring substituents is 1. The third kappa shape index (κ3) is 6.28. The summed E-state index contributed by atoms with van der Waals surface area (Å²) in [6, 6.07) is 5.61. The predicted octanol–water partition coefficient (Wildman–Crippen LogP) is -0.507. The lowest BCUT2D eigenvalue weighted by atomic mass is 10.2. The van der Waals surface area contributed by atoms with Gasteiger partial charge in [-0.1, -0.05) is 0 Å². The summed E-state index contributed by atoms with van der Waals surface area (Å²) in [7, 11) is 0. The Morgan fingerprint density at radius 3 is 2.56 bits per heavy atom. The van der Waals surface area contributed by atoms with Crippen molar-refractivity contribution in [3.63, 3.8) is 0 Å². The first-order valence-electron chi connectivity index (χ1n) is 7.72. The van der Waals surface area contributed by atoms with Crippen LogP contribution in [0.5, 0.6) is 0 Å². The summed E-state index contributed by atoms with van der Waals surface area (Å²) in [4.78, 5) is 35.4. The maximum atomic E-state index is 11.6. The first-order valence-corrected chi connectivity index (χ1v) is 7.72. The van der Waals surface area contributed by atoms with E-state index in [1.54, 1.807) is 0 Å². The Labute approximate surface area is 144 Å². The number of nitrogens with zero attached hydrogens (tertiary/aromatic N) is 3. The van der Waals surface area contributed by atoms with E-state index in [9.17, 15) is 19.7 Å². The fraction of sp³-hybridized carbons (Fsp3) is 0.400. The third-order valence-corrected chi connectivity index (χ3v) is 3.51. The van der Waals surface area contributed by atoms with Crippen LogP contribution in [0.3, 0.4) is 0 Å². The molecule has 1 aromatic rings. The molecule has 134 valence electrons. The lowest BCUT2D eigenvalue weighted by Crippen LogP contribution is -2.44. The van der Waals surface area contributed by atoms with Gasteiger partial charge in [0.1, 0.15) is 0 Å². The van der Waals surface area contributed by atoms with Crippen LogP contribution >= 0.6 is 0 Å². The van der Waals surface area contributed by atoms with Crippen molar-refractivity contribution < 1.29 is 19.2 Å². The predicted molar refractivity (Wildman–Crippen MR) is 89.1 cm³/mol. The molecule has 1 aromatic carbocycles. The first kappa shape index (κ1) is 18.5. The monoisotopic (exact) mass is 349 g/mol. The molecule has 0 unspecified atom stereocenters. The highest BCUT2D eigenvalue weighted by Crippen LogP contribution is 2.10. The SMILES string of the molecule is O=C(NCCN1CCOCC1)C(=O)N/N=C\c1ccc([N+](=O)[O-])cc1. The van der Waals surface area contributed by atoms with E-state index in [1.807, 2.05) is 0 Å². The van der Waals surface area contributed by atoms with Gasteiger partial charge in [-0.05, 0) is 17.7 Å². The van der Waals surface area contributed by atoms with Gasteiger partial charge in [-0.3, -0.25) is 24.6 Å². The van der Waals surface area contributed by atoms with E-state index >= 15 is 0 Å². The first-order chi connectivity index (χ1) is 12.1. The quantitative estimate of drug-likeness (QED) is 0.308. The second-order valence-corrected chi connectivity index (χ2v) is 5.26. The molecule has 2 N–H and O–H groups in total. The van der Waals surface area contributed by atoms with Crippen LogP contribution in [-0.4, -0.2) is 67.2 Å². The highest BCUT2D eigenvalue weighted by molar-refractivity contribution is 6.35. The number of non-ortho nitro benzene ring substituents is 1. The van der Waals surface area contributed by atoms with Gasteiger partial charge in [0, 0.05) is 38.3 Å². The minimum Gasteiger partial charge on any atom is -0.379 e. The molecule has 1 fully saturated rings. The summed E-state index contributed by atoms with van der Waals surface area (Å²) in [5.74, 6) is -1.64. The fourth-order valence-electron chi connectivity index (χ4n) is 2.13. The number of morpholine rings is 1. The number of nitrogens with one attached hydrogen (secondary N) is 2. The van der Waals surface area contributed by atoms with Gasteiger partial charge in [0.2, 0.25) is 0 Å². The minimum atomic E-state index is -0.875. The molecule has 10 heteroatoms. The van der Waals surface area contributed by atoms with Crippen molar-refractivity contribution in [1.29, 1.82) is 0 Å². The van der Waals surface area contributed by atoms with Crippen molar-refractivity contribution in [3.8, 4) is 0 Å². The molecule has 1 saturated heterocycles. The number of carbonyl (C=O) groups excluding carboxylic acids is 2. The number of nitro groups is 1. The van der Waals surface area contributed by atoms with E-state index < -0.39 is 16.7 Å². The Kier molecular flexibility index (Phi) is 6.99. The summed E-state index contributed by atoms with van der Waals surface area (Å²) < 4.78 is 5.22. The molecule has 0 atom stereocenters. The lowest BCUT2D eigenvalue weighted by Gasteiger charge is -2.26. The second-order valence-electron chi connectivity index (χ2n) is 5.26. The van der Waals surface area contributed by atoms with Crippen LogP contribution in [0.25, 0.3) is 0 Å². The number of hydrogen-bond acceptors (Lipinski definition) is 7. The molecule has 0 aliphatic carbocycles. The van der Waals surface area contributed by atoms with Gasteiger partial charge in [-0.25, -0.2) is 5.43 Å². The summed E-state index contributed by atoms with van der Waals surface area (Å²) in [5.41, 5.74) is 2.62. The molecule has 0 radical (unpaired) electrons. The highest BCUT2D eigenvalue weighted by Gasteiger charge is 2.14. The Hall–Kier alpha value is -2.85. The van der Waals surface area contributed by atoms with Crippen LogP contribution in [0.4, 0.5) is 5.69 Å². The van der Waals surface area contributed by atoms with Crippen LogP contribution in [0.1, 0.15) is 5.56 Å². The molecule has 1 aliphatic rings. The average Bonchev–Trinajstić information content (AvgIpc) is 2.63. The second kappa shape index (κ2) is 9.45. The third-order valence-electron chi connectivity index (χ3n) is 3.51. The van der Waals surface area contributed by atoms with Crippen molar-refractivity contribution in [2.45, 2.75) is 0 Å². The minimum absolute atomic E-state index is 0.0409. The largest absolute Gasteiger partial charge is 0.379 e. The Balaban J connectivity index is 1.69. The van der Waals surface area contributed by atoms with E-state index in [0.717, 1.165) is 13.1 Å². The number of amides is 2. The smallest absolute Gasteiger partial charge is 0.329 e. The van der Waals surface area contributed by atoms with Gasteiger partial charge >= 0.3 is 11.8 Å². The number of hydrazone groups is 1. The standard InChI is InChI=1S/C15H19N5O5/c21-14(16-5-6-19-7-9-25-10-8-19)15(22)18-17-11-12-1-3-13(4-2-12)20(23)24/h1-4,11H,5-10H2,(H,16,21)(H,18,22)/b17-11-. The van der Waals surface area contributed by atoms with Crippen LogP contribution in [0.2, 0.25) is 0 Å². The van der Waals surface area contributed by atoms with Gasteiger partial charge in [0.05, 0.1) is 24.4 Å². The number of hydrogen-bond donors (Lipinski definition) is 2. The summed E-state index contributed by atoms with van der Waals surface area (Å²) in [5, 5.41) is 16.7. The maximum Gasteiger partial charge on any atom is 0.329 e. The molecular formula is C15H19N5O5. The van der Waals surface area contributed by atoms with Crippen molar-refractivity contribution in [2.24, 2.45) is 5.10 Å². The van der Waals surface area contributed by atoms with E-state index in [4.69, 9.17) is 4.74 Å². The molecule has 0 aromatic heterocycles. The summed E-state index contributed by atoms with van der Waals surface area (Å²) in [6.45, 7) is 3.97. The fourth-order valence-corrected chi connectivity index (χ4v) is 2.13. The Morgan fingerprint density at radius 2 is 1.92 bits per heavy atom. The van der Waals surface area contributed by atoms with Gasteiger partial charge in [0.15, 0.2) is 0 Å². The molecule has 1 aliphatic heterocycles. The van der Waals surface area contributed by atoms with E-state index in [2.05, 4.69) is 20.7 Å².